The summed E-state index contributed by atoms with van der Waals surface area (Å²) < 4.78 is 12.3. The highest BCUT2D eigenvalue weighted by atomic mass is 127. The van der Waals surface area contributed by atoms with Crippen LogP contribution in [0.15, 0.2) is 65.6 Å². The number of hydrogen-bond acceptors (Lipinski definition) is 6. The van der Waals surface area contributed by atoms with Gasteiger partial charge < -0.3 is 14.8 Å². The van der Waals surface area contributed by atoms with E-state index in [2.05, 4.69) is 27.9 Å². The molecule has 0 bridgehead atoms. The molecule has 3 aromatic rings. The van der Waals surface area contributed by atoms with Crippen molar-refractivity contribution in [3.63, 3.8) is 0 Å². The van der Waals surface area contributed by atoms with Crippen LogP contribution in [-0.2, 0) is 16.2 Å². The van der Waals surface area contributed by atoms with E-state index in [1.54, 1.807) is 48.5 Å². The Morgan fingerprint density at radius 3 is 2.35 bits per heavy atom. The zero-order valence-electron chi connectivity index (χ0n) is 19.3. The first-order valence-corrected chi connectivity index (χ1v) is 13.4. The first-order valence-electron chi connectivity index (χ1n) is 10.8. The van der Waals surface area contributed by atoms with Crippen LogP contribution in [0.4, 0.5) is 10.5 Å². The Hall–Kier alpha value is -2.73. The number of carbonyl (C=O) groups is 3. The number of halogens is 3. The van der Waals surface area contributed by atoms with E-state index >= 15 is 0 Å². The maximum atomic E-state index is 12.9. The number of nitrogens with one attached hydrogen (secondary N) is 1. The van der Waals surface area contributed by atoms with Crippen molar-refractivity contribution in [3.05, 3.63) is 90.3 Å². The van der Waals surface area contributed by atoms with Crippen molar-refractivity contribution in [2.45, 2.75) is 6.61 Å². The lowest BCUT2D eigenvalue weighted by Crippen LogP contribution is -2.36. The quantitative estimate of drug-likeness (QED) is 0.209. The highest BCUT2D eigenvalue weighted by Crippen LogP contribution is 2.37. The Bertz CT molecular complexity index is 1380. The molecule has 11 heteroatoms. The number of amides is 3. The van der Waals surface area contributed by atoms with E-state index in [1.807, 2.05) is 18.2 Å². The normalized spacial score (nSPS) is 14.3. The molecule has 0 aliphatic carbocycles. The highest BCUT2D eigenvalue weighted by molar-refractivity contribution is 14.1. The maximum Gasteiger partial charge on any atom is 0.294 e. The van der Waals surface area contributed by atoms with E-state index < -0.39 is 23.6 Å². The summed E-state index contributed by atoms with van der Waals surface area (Å²) in [7, 11) is 1.53. The fourth-order valence-electron chi connectivity index (χ4n) is 3.36. The average Bonchev–Trinajstić information content (AvgIpc) is 3.12. The zero-order chi connectivity index (χ0) is 26.5. The van der Waals surface area contributed by atoms with Gasteiger partial charge >= 0.3 is 0 Å². The first kappa shape index (κ1) is 27.3. The van der Waals surface area contributed by atoms with Gasteiger partial charge in [-0.3, -0.25) is 19.3 Å². The van der Waals surface area contributed by atoms with Crippen LogP contribution >= 0.6 is 57.6 Å². The van der Waals surface area contributed by atoms with Crippen molar-refractivity contribution in [1.82, 2.24) is 4.90 Å². The van der Waals surface area contributed by atoms with E-state index in [1.165, 1.54) is 7.11 Å². The maximum absolute atomic E-state index is 12.9. The number of carbonyl (C=O) groups excluding carboxylic acids is 3. The largest absolute Gasteiger partial charge is 0.493 e. The number of rotatable bonds is 8. The minimum absolute atomic E-state index is 0.206. The topological polar surface area (TPSA) is 84.9 Å². The molecule has 3 aromatic carbocycles. The molecule has 4 rings (SSSR count). The Labute approximate surface area is 241 Å². The van der Waals surface area contributed by atoms with Gasteiger partial charge in [0.2, 0.25) is 5.91 Å². The first-order chi connectivity index (χ1) is 17.7. The summed E-state index contributed by atoms with van der Waals surface area (Å²) in [6.07, 6.45) is 1.59. The van der Waals surface area contributed by atoms with Crippen molar-refractivity contribution in [2.24, 2.45) is 0 Å². The molecule has 0 radical (unpaired) electrons. The molecule has 7 nitrogen and oxygen atoms in total. The van der Waals surface area contributed by atoms with E-state index in [9.17, 15) is 14.4 Å². The predicted octanol–water partition coefficient (Wildman–Crippen LogP) is 6.86. The molecule has 1 N–H and O–H groups in total. The molecule has 1 aliphatic rings. The van der Waals surface area contributed by atoms with Crippen molar-refractivity contribution >= 4 is 86.4 Å². The molecular formula is C26H19Cl2IN2O5S. The molecule has 0 atom stereocenters. The fraction of sp³-hybridized carbons (Fsp3) is 0.115. The van der Waals surface area contributed by atoms with Gasteiger partial charge in [0.15, 0.2) is 11.5 Å². The number of anilines is 1. The van der Waals surface area contributed by atoms with Crippen LogP contribution in [0.3, 0.4) is 0 Å². The van der Waals surface area contributed by atoms with Gasteiger partial charge in [0.1, 0.15) is 13.2 Å². The van der Waals surface area contributed by atoms with Crippen molar-refractivity contribution < 1.29 is 23.9 Å². The average molecular weight is 669 g/mol. The molecule has 1 fully saturated rings. The molecule has 1 heterocycles. The van der Waals surface area contributed by atoms with Gasteiger partial charge in [-0.15, -0.1) is 0 Å². The second-order valence-corrected chi connectivity index (χ2v) is 10.8. The molecule has 0 unspecified atom stereocenters. The van der Waals surface area contributed by atoms with E-state index in [0.717, 1.165) is 25.8 Å². The number of hydrogen-bond donors (Lipinski definition) is 1. The van der Waals surface area contributed by atoms with Crippen LogP contribution in [0, 0.1) is 3.57 Å². The molecule has 37 heavy (non-hydrogen) atoms. The van der Waals surface area contributed by atoms with Crippen molar-refractivity contribution in [3.8, 4) is 11.5 Å². The summed E-state index contributed by atoms with van der Waals surface area (Å²) in [6, 6.07) is 17.4. The van der Waals surface area contributed by atoms with Gasteiger partial charge in [-0.05, 0) is 100 Å². The van der Waals surface area contributed by atoms with E-state index in [0.29, 0.717) is 39.4 Å². The molecule has 1 saturated heterocycles. The number of thioether (sulfide) groups is 1. The van der Waals surface area contributed by atoms with E-state index in [-0.39, 0.29) is 4.91 Å². The summed E-state index contributed by atoms with van der Waals surface area (Å²) in [6.45, 7) is -0.0805. The monoisotopic (exact) mass is 668 g/mol. The van der Waals surface area contributed by atoms with Crippen LogP contribution in [0.25, 0.3) is 6.08 Å². The van der Waals surface area contributed by atoms with Crippen LogP contribution in [-0.4, -0.2) is 35.6 Å². The molecule has 0 spiro atoms. The lowest BCUT2D eigenvalue weighted by Gasteiger charge is -2.14. The standard InChI is InChI=1S/C26H19Cl2IN2O5S/c1-35-21-11-16(10-20(29)24(21)36-14-15-2-4-17(27)5-3-15)12-22-25(33)31(26(34)37-22)13-23(32)30-19-8-6-18(28)7-9-19/h2-12H,13-14H2,1H3,(H,30,32)/b22-12+. The van der Waals surface area contributed by atoms with Gasteiger partial charge in [-0.25, -0.2) is 0 Å². The third-order valence-corrected chi connectivity index (χ3v) is 7.36. The Kier molecular flexibility index (Phi) is 9.01. The highest BCUT2D eigenvalue weighted by Gasteiger charge is 2.36. The summed E-state index contributed by atoms with van der Waals surface area (Å²) >= 11 is 14.7. The SMILES string of the molecule is COc1cc(/C=C2/SC(=O)N(CC(=O)Nc3ccc(Cl)cc3)C2=O)cc(I)c1OCc1ccc(Cl)cc1. The van der Waals surface area contributed by atoms with Crippen molar-refractivity contribution in [2.75, 3.05) is 19.0 Å². The lowest BCUT2D eigenvalue weighted by atomic mass is 10.1. The molecular weight excluding hydrogens is 650 g/mol. The van der Waals surface area contributed by atoms with Gasteiger partial charge in [-0.2, -0.15) is 0 Å². The smallest absolute Gasteiger partial charge is 0.294 e. The number of nitrogens with zero attached hydrogens (tertiary/aromatic N) is 1. The van der Waals surface area contributed by atoms with Crippen LogP contribution in [0.1, 0.15) is 11.1 Å². The summed E-state index contributed by atoms with van der Waals surface area (Å²) in [5.74, 6) is -0.00145. The number of methoxy groups -OCH3 is 1. The zero-order valence-corrected chi connectivity index (χ0v) is 23.8. The van der Waals surface area contributed by atoms with E-state index in [4.69, 9.17) is 32.7 Å². The molecule has 190 valence electrons. The molecule has 0 aromatic heterocycles. The molecule has 0 saturated carbocycles. The minimum Gasteiger partial charge on any atom is -0.493 e. The summed E-state index contributed by atoms with van der Waals surface area (Å²) in [5.41, 5.74) is 2.10. The van der Waals surface area contributed by atoms with Gasteiger partial charge in [0, 0.05) is 15.7 Å². The Morgan fingerprint density at radius 2 is 1.70 bits per heavy atom. The predicted molar refractivity (Wildman–Crippen MR) is 154 cm³/mol. The van der Waals surface area contributed by atoms with Gasteiger partial charge in [-0.1, -0.05) is 35.3 Å². The fourth-order valence-corrected chi connectivity index (χ4v) is 5.24. The molecule has 3 amide bonds. The second kappa shape index (κ2) is 12.2. The van der Waals surface area contributed by atoms with Crippen LogP contribution in [0.2, 0.25) is 10.0 Å². The van der Waals surface area contributed by atoms with Crippen molar-refractivity contribution in [1.29, 1.82) is 0 Å². The lowest BCUT2D eigenvalue weighted by molar-refractivity contribution is -0.127. The van der Waals surface area contributed by atoms with Gasteiger partial charge in [0.05, 0.1) is 15.6 Å². The number of benzene rings is 3. The molecule has 1 aliphatic heterocycles. The Morgan fingerprint density at radius 1 is 1.05 bits per heavy atom. The van der Waals surface area contributed by atoms with Crippen LogP contribution in [0.5, 0.6) is 11.5 Å². The Balaban J connectivity index is 1.46. The number of imide groups is 1. The second-order valence-electron chi connectivity index (χ2n) is 7.77. The third kappa shape index (κ3) is 6.98. The third-order valence-electron chi connectivity index (χ3n) is 5.15. The minimum atomic E-state index is -0.543. The summed E-state index contributed by atoms with van der Waals surface area (Å²) in [5, 5.41) is 3.30. The number of ether oxygens (including phenoxy) is 2. The van der Waals surface area contributed by atoms with Gasteiger partial charge in [0.25, 0.3) is 11.1 Å². The van der Waals surface area contributed by atoms with Crippen LogP contribution < -0.4 is 14.8 Å². The summed E-state index contributed by atoms with van der Waals surface area (Å²) in [4.78, 5) is 38.9.